The molecule has 4 heteroatoms. The summed E-state index contributed by atoms with van der Waals surface area (Å²) in [5.41, 5.74) is 7.61. The van der Waals surface area contributed by atoms with Gasteiger partial charge in [0.1, 0.15) is 0 Å². The van der Waals surface area contributed by atoms with Gasteiger partial charge in [0, 0.05) is 37.1 Å². The first kappa shape index (κ1) is 13.6. The molecule has 2 rings (SSSR count). The topological polar surface area (TPSA) is 51.3 Å². The number of hydrogen-bond acceptors (Lipinski definition) is 2. The van der Waals surface area contributed by atoms with E-state index in [0.717, 1.165) is 16.6 Å². The highest BCUT2D eigenvalue weighted by atomic mass is 16.2. The maximum atomic E-state index is 12.3. The molecule has 2 N–H and O–H groups in total. The van der Waals surface area contributed by atoms with Crippen LogP contribution in [0.4, 0.5) is 5.69 Å². The molecule has 2 aromatic rings. The molecule has 1 heterocycles. The lowest BCUT2D eigenvalue weighted by Gasteiger charge is -2.20. The Morgan fingerprint density at radius 3 is 2.79 bits per heavy atom. The first-order valence-corrected chi connectivity index (χ1v) is 6.58. The second kappa shape index (κ2) is 5.45. The number of para-hydroxylation sites is 1. The van der Waals surface area contributed by atoms with Crippen LogP contribution in [0.3, 0.4) is 0 Å². The van der Waals surface area contributed by atoms with Crippen molar-refractivity contribution in [3.05, 3.63) is 30.5 Å². The quantitative estimate of drug-likeness (QED) is 0.914. The van der Waals surface area contributed by atoms with Crippen molar-refractivity contribution in [3.8, 4) is 0 Å². The smallest absolute Gasteiger partial charge is 0.229 e. The molecule has 19 heavy (non-hydrogen) atoms. The third kappa shape index (κ3) is 2.49. The van der Waals surface area contributed by atoms with Crippen LogP contribution in [0, 0.1) is 5.92 Å². The first-order chi connectivity index (χ1) is 9.06. The van der Waals surface area contributed by atoms with Crippen molar-refractivity contribution in [2.24, 2.45) is 18.7 Å². The van der Waals surface area contributed by atoms with Gasteiger partial charge in [0.25, 0.3) is 0 Å². The molecule has 1 atom stereocenters. The molecule has 0 bridgehead atoms. The van der Waals surface area contributed by atoms with Gasteiger partial charge in [0.15, 0.2) is 0 Å². The first-order valence-electron chi connectivity index (χ1n) is 6.58. The number of anilines is 1. The summed E-state index contributed by atoms with van der Waals surface area (Å²) in [5, 5.41) is 1.10. The van der Waals surface area contributed by atoms with Gasteiger partial charge < -0.3 is 15.2 Å². The summed E-state index contributed by atoms with van der Waals surface area (Å²) < 4.78 is 2.04. The largest absolute Gasteiger partial charge is 0.348 e. The highest BCUT2D eigenvalue weighted by Crippen LogP contribution is 2.28. The Morgan fingerprint density at radius 2 is 2.11 bits per heavy atom. The third-order valence-electron chi connectivity index (χ3n) is 3.59. The second-order valence-electron chi connectivity index (χ2n) is 5.02. The van der Waals surface area contributed by atoms with Crippen LogP contribution in [0.25, 0.3) is 10.9 Å². The normalized spacial score (nSPS) is 12.6. The minimum absolute atomic E-state index is 0.0473. The average molecular weight is 259 g/mol. The minimum Gasteiger partial charge on any atom is -0.348 e. The van der Waals surface area contributed by atoms with Crippen molar-refractivity contribution in [1.82, 2.24) is 4.57 Å². The van der Waals surface area contributed by atoms with Gasteiger partial charge in [0.05, 0.1) is 5.69 Å². The molecule has 0 saturated heterocycles. The molecular formula is C15H21N3O. The molecule has 1 unspecified atom stereocenters. The number of amides is 1. The molecular weight excluding hydrogens is 238 g/mol. The third-order valence-corrected chi connectivity index (χ3v) is 3.59. The maximum absolute atomic E-state index is 12.3. The van der Waals surface area contributed by atoms with Gasteiger partial charge in [-0.1, -0.05) is 25.1 Å². The lowest BCUT2D eigenvalue weighted by molar-refractivity contribution is -0.121. The number of nitrogens with two attached hydrogens (primary N) is 1. The average Bonchev–Trinajstić information content (AvgIpc) is 2.75. The van der Waals surface area contributed by atoms with Gasteiger partial charge in [-0.05, 0) is 19.0 Å². The molecule has 0 aliphatic carbocycles. The van der Waals surface area contributed by atoms with E-state index < -0.39 is 0 Å². The van der Waals surface area contributed by atoms with Crippen molar-refractivity contribution in [3.63, 3.8) is 0 Å². The number of aryl methyl sites for hydroxylation is 1. The summed E-state index contributed by atoms with van der Waals surface area (Å²) in [6, 6.07) is 8.10. The Kier molecular flexibility index (Phi) is 3.90. The summed E-state index contributed by atoms with van der Waals surface area (Å²) >= 11 is 0. The molecule has 1 aromatic carbocycles. The van der Waals surface area contributed by atoms with Gasteiger partial charge in [-0.3, -0.25) is 4.79 Å². The number of fused-ring (bicyclic) bond motifs is 1. The minimum atomic E-state index is -0.0473. The van der Waals surface area contributed by atoms with Crippen LogP contribution in [-0.4, -0.2) is 24.1 Å². The van der Waals surface area contributed by atoms with E-state index in [-0.39, 0.29) is 11.8 Å². The van der Waals surface area contributed by atoms with Gasteiger partial charge in [-0.25, -0.2) is 0 Å². The van der Waals surface area contributed by atoms with E-state index in [9.17, 15) is 4.79 Å². The Balaban J connectivity index is 2.36. The molecule has 0 spiro atoms. The van der Waals surface area contributed by atoms with Crippen molar-refractivity contribution in [2.75, 3.05) is 18.5 Å². The van der Waals surface area contributed by atoms with E-state index in [2.05, 4.69) is 6.07 Å². The maximum Gasteiger partial charge on any atom is 0.229 e. The molecule has 4 nitrogen and oxygen atoms in total. The molecule has 0 aliphatic heterocycles. The summed E-state index contributed by atoms with van der Waals surface area (Å²) in [7, 11) is 3.82. The Labute approximate surface area is 113 Å². The van der Waals surface area contributed by atoms with Crippen LogP contribution in [0.15, 0.2) is 30.5 Å². The molecule has 0 radical (unpaired) electrons. The zero-order valence-electron chi connectivity index (χ0n) is 11.8. The Morgan fingerprint density at radius 1 is 1.42 bits per heavy atom. The number of carbonyl (C=O) groups is 1. The standard InChI is InChI=1S/C15H21N3O/c1-11(8-9-16)15(19)18(3)14-10-17(2)13-7-5-4-6-12(13)14/h4-7,10-11H,8-9,16H2,1-3H3. The number of carbonyl (C=O) groups excluding carboxylic acids is 1. The Bertz CT molecular complexity index is 588. The number of hydrogen-bond donors (Lipinski definition) is 1. The van der Waals surface area contributed by atoms with Gasteiger partial charge in [0.2, 0.25) is 5.91 Å². The van der Waals surface area contributed by atoms with Gasteiger partial charge in [-0.2, -0.15) is 0 Å². The van der Waals surface area contributed by atoms with Crippen LogP contribution in [-0.2, 0) is 11.8 Å². The highest BCUT2D eigenvalue weighted by Gasteiger charge is 2.20. The van der Waals surface area contributed by atoms with Gasteiger partial charge >= 0.3 is 0 Å². The van der Waals surface area contributed by atoms with Crippen molar-refractivity contribution in [1.29, 1.82) is 0 Å². The Hall–Kier alpha value is -1.81. The summed E-state index contributed by atoms with van der Waals surface area (Å²) in [5.74, 6) is 0.0655. The van der Waals surface area contributed by atoms with Crippen molar-refractivity contribution >= 4 is 22.5 Å². The zero-order valence-corrected chi connectivity index (χ0v) is 11.8. The van der Waals surface area contributed by atoms with E-state index in [1.54, 1.807) is 4.90 Å². The van der Waals surface area contributed by atoms with E-state index in [0.29, 0.717) is 13.0 Å². The monoisotopic (exact) mass is 259 g/mol. The van der Waals surface area contributed by atoms with Crippen LogP contribution in [0.1, 0.15) is 13.3 Å². The fourth-order valence-corrected chi connectivity index (χ4v) is 2.41. The number of aromatic nitrogens is 1. The number of benzene rings is 1. The second-order valence-corrected chi connectivity index (χ2v) is 5.02. The fraction of sp³-hybridized carbons (Fsp3) is 0.400. The molecule has 0 aliphatic rings. The summed E-state index contributed by atoms with van der Waals surface area (Å²) in [4.78, 5) is 14.1. The lowest BCUT2D eigenvalue weighted by atomic mass is 10.1. The molecule has 0 saturated carbocycles. The zero-order chi connectivity index (χ0) is 14.0. The van der Waals surface area contributed by atoms with Crippen molar-refractivity contribution in [2.45, 2.75) is 13.3 Å². The van der Waals surface area contributed by atoms with E-state index in [1.165, 1.54) is 0 Å². The van der Waals surface area contributed by atoms with Crippen molar-refractivity contribution < 1.29 is 4.79 Å². The van der Waals surface area contributed by atoms with E-state index in [1.807, 2.05) is 50.0 Å². The number of nitrogens with zero attached hydrogens (tertiary/aromatic N) is 2. The SMILES string of the molecule is CC(CCN)C(=O)N(C)c1cn(C)c2ccccc12. The van der Waals surface area contributed by atoms with Crippen LogP contribution in [0.2, 0.25) is 0 Å². The van der Waals surface area contributed by atoms with Crippen LogP contribution in [0.5, 0.6) is 0 Å². The summed E-state index contributed by atoms with van der Waals surface area (Å²) in [6.07, 6.45) is 2.71. The highest BCUT2D eigenvalue weighted by molar-refractivity contribution is 6.03. The lowest BCUT2D eigenvalue weighted by Crippen LogP contribution is -2.32. The fourth-order valence-electron chi connectivity index (χ4n) is 2.41. The van der Waals surface area contributed by atoms with E-state index >= 15 is 0 Å². The molecule has 1 aromatic heterocycles. The van der Waals surface area contributed by atoms with Gasteiger partial charge in [-0.15, -0.1) is 0 Å². The van der Waals surface area contributed by atoms with E-state index in [4.69, 9.17) is 5.73 Å². The van der Waals surface area contributed by atoms with Crippen LogP contribution < -0.4 is 10.6 Å². The molecule has 1 amide bonds. The number of rotatable bonds is 4. The summed E-state index contributed by atoms with van der Waals surface area (Å²) in [6.45, 7) is 2.47. The predicted molar refractivity (Wildman–Crippen MR) is 79.2 cm³/mol. The molecule has 0 fully saturated rings. The molecule has 102 valence electrons. The van der Waals surface area contributed by atoms with Crippen LogP contribution >= 0.6 is 0 Å². The predicted octanol–water partition coefficient (Wildman–Crippen LogP) is 2.13.